The maximum Gasteiger partial charge on any atom is 0.280 e. The molecule has 146 valence electrons. The Morgan fingerprint density at radius 1 is 1.21 bits per heavy atom. The van der Waals surface area contributed by atoms with Crippen LogP contribution in [-0.2, 0) is 4.79 Å². The molecule has 2 aliphatic rings. The summed E-state index contributed by atoms with van der Waals surface area (Å²) in [5.74, 6) is 0.122. The topological polar surface area (TPSA) is 82.5 Å². The molecule has 4 rings (SSSR count). The number of likely N-dealkylation sites (N-methyl/N-ethyl adjacent to an activating group) is 1. The summed E-state index contributed by atoms with van der Waals surface area (Å²) in [6, 6.07) is 3.10. The van der Waals surface area contributed by atoms with Gasteiger partial charge in [0, 0.05) is 44.3 Å². The van der Waals surface area contributed by atoms with Crippen molar-refractivity contribution in [2.24, 2.45) is 0 Å². The minimum Gasteiger partial charge on any atom is -0.340 e. The van der Waals surface area contributed by atoms with E-state index in [1.807, 2.05) is 4.90 Å². The van der Waals surface area contributed by atoms with Gasteiger partial charge in [-0.1, -0.05) is 11.6 Å². The van der Waals surface area contributed by atoms with Crippen LogP contribution in [0.3, 0.4) is 0 Å². The number of aromatic nitrogens is 3. The Kier molecular flexibility index (Phi) is 4.99. The van der Waals surface area contributed by atoms with Gasteiger partial charge in [-0.25, -0.2) is 9.97 Å². The quantitative estimate of drug-likeness (QED) is 0.781. The van der Waals surface area contributed by atoms with Gasteiger partial charge in [-0.3, -0.25) is 19.5 Å². The number of carbonyl (C=O) groups excluding carboxylic acids is 2. The molecule has 0 N–H and O–H groups in total. The van der Waals surface area contributed by atoms with Gasteiger partial charge in [0.2, 0.25) is 5.91 Å². The first kappa shape index (κ1) is 18.8. The molecule has 0 spiro atoms. The fourth-order valence-corrected chi connectivity index (χ4v) is 3.78. The van der Waals surface area contributed by atoms with Crippen molar-refractivity contribution in [2.45, 2.75) is 25.4 Å². The normalized spacial score (nSPS) is 22.5. The van der Waals surface area contributed by atoms with Crippen LogP contribution >= 0.6 is 11.6 Å². The number of rotatable bonds is 3. The van der Waals surface area contributed by atoms with Crippen LogP contribution in [0.1, 0.15) is 35.6 Å². The lowest BCUT2D eigenvalue weighted by Gasteiger charge is -2.38. The zero-order valence-electron chi connectivity index (χ0n) is 15.7. The standard InChI is InChI=1S/C19H21ClN6O2/c1-12-11-25(8-7-24(12)2)16(27)9-14-17-18(22-6-5-21-17)19(28)26(14)15-4-3-13(20)10-23-15/h3-6,10,12,14H,7-9,11H2,1-2H3/t12?,14-/m0/s1. The number of carbonyl (C=O) groups is 2. The molecule has 2 aromatic heterocycles. The molecule has 2 aromatic rings. The molecule has 1 unspecified atom stereocenters. The molecule has 0 radical (unpaired) electrons. The predicted octanol–water partition coefficient (Wildman–Crippen LogP) is 1.78. The highest BCUT2D eigenvalue weighted by atomic mass is 35.5. The van der Waals surface area contributed by atoms with E-state index in [1.54, 1.807) is 18.3 Å². The van der Waals surface area contributed by atoms with Crippen molar-refractivity contribution < 1.29 is 9.59 Å². The molecule has 2 aliphatic heterocycles. The summed E-state index contributed by atoms with van der Waals surface area (Å²) >= 11 is 5.94. The van der Waals surface area contributed by atoms with Gasteiger partial charge in [0.05, 0.1) is 23.2 Å². The molecular weight excluding hydrogens is 380 g/mol. The summed E-state index contributed by atoms with van der Waals surface area (Å²) in [5.41, 5.74) is 0.781. The van der Waals surface area contributed by atoms with Crippen LogP contribution in [0.4, 0.5) is 5.82 Å². The van der Waals surface area contributed by atoms with Gasteiger partial charge in [-0.2, -0.15) is 0 Å². The fourth-order valence-electron chi connectivity index (χ4n) is 3.67. The second-order valence-electron chi connectivity index (χ2n) is 7.19. The first-order valence-corrected chi connectivity index (χ1v) is 9.57. The fraction of sp³-hybridized carbons (Fsp3) is 0.421. The third kappa shape index (κ3) is 3.33. The van der Waals surface area contributed by atoms with Crippen molar-refractivity contribution in [1.29, 1.82) is 0 Å². The highest BCUT2D eigenvalue weighted by Gasteiger charge is 2.42. The van der Waals surface area contributed by atoms with Gasteiger partial charge >= 0.3 is 0 Å². The molecule has 1 fully saturated rings. The lowest BCUT2D eigenvalue weighted by molar-refractivity contribution is -0.134. The third-order valence-corrected chi connectivity index (χ3v) is 5.64. The second kappa shape index (κ2) is 7.44. The first-order valence-electron chi connectivity index (χ1n) is 9.19. The molecule has 2 atom stereocenters. The highest BCUT2D eigenvalue weighted by molar-refractivity contribution is 6.30. The lowest BCUT2D eigenvalue weighted by Crippen LogP contribution is -2.52. The zero-order valence-corrected chi connectivity index (χ0v) is 16.5. The third-order valence-electron chi connectivity index (χ3n) is 5.41. The number of piperazine rings is 1. The molecule has 0 saturated carbocycles. The zero-order chi connectivity index (χ0) is 19.8. The number of amides is 2. The van der Waals surface area contributed by atoms with Crippen LogP contribution in [0.15, 0.2) is 30.7 Å². The summed E-state index contributed by atoms with van der Waals surface area (Å²) in [5, 5.41) is 0.475. The van der Waals surface area contributed by atoms with E-state index in [9.17, 15) is 9.59 Å². The van der Waals surface area contributed by atoms with Crippen molar-refractivity contribution in [1.82, 2.24) is 24.8 Å². The predicted molar refractivity (Wildman–Crippen MR) is 104 cm³/mol. The number of fused-ring (bicyclic) bond motifs is 1. The molecule has 2 amide bonds. The monoisotopic (exact) mass is 400 g/mol. The van der Waals surface area contributed by atoms with Gasteiger partial charge in [-0.05, 0) is 26.1 Å². The van der Waals surface area contributed by atoms with Crippen molar-refractivity contribution in [3.63, 3.8) is 0 Å². The molecule has 0 aliphatic carbocycles. The van der Waals surface area contributed by atoms with Crippen LogP contribution in [-0.4, -0.2) is 69.3 Å². The number of halogens is 1. The Morgan fingerprint density at radius 2 is 2.00 bits per heavy atom. The number of anilines is 1. The van der Waals surface area contributed by atoms with Crippen LogP contribution in [0, 0.1) is 0 Å². The van der Waals surface area contributed by atoms with Gasteiger partial charge in [-0.15, -0.1) is 0 Å². The van der Waals surface area contributed by atoms with Crippen molar-refractivity contribution >= 4 is 29.2 Å². The van der Waals surface area contributed by atoms with E-state index in [0.717, 1.165) is 6.54 Å². The first-order chi connectivity index (χ1) is 13.5. The van der Waals surface area contributed by atoms with E-state index in [-0.39, 0.29) is 23.9 Å². The molecular formula is C19H21ClN6O2. The van der Waals surface area contributed by atoms with E-state index in [0.29, 0.717) is 35.7 Å². The summed E-state index contributed by atoms with van der Waals surface area (Å²) < 4.78 is 0. The number of pyridine rings is 1. The summed E-state index contributed by atoms with van der Waals surface area (Å²) in [6.45, 7) is 4.27. The van der Waals surface area contributed by atoms with Gasteiger partial charge in [0.25, 0.3) is 5.91 Å². The SMILES string of the molecule is CC1CN(C(=O)C[C@H]2c3nccnc3C(=O)N2c2ccc(Cl)cn2)CCN1C. The molecule has 0 bridgehead atoms. The second-order valence-corrected chi connectivity index (χ2v) is 7.63. The number of hydrogen-bond acceptors (Lipinski definition) is 6. The van der Waals surface area contributed by atoms with Gasteiger partial charge in [0.1, 0.15) is 5.82 Å². The molecule has 28 heavy (non-hydrogen) atoms. The van der Waals surface area contributed by atoms with Crippen LogP contribution in [0.25, 0.3) is 0 Å². The summed E-state index contributed by atoms with van der Waals surface area (Å²) in [6.07, 6.45) is 4.64. The van der Waals surface area contributed by atoms with E-state index in [2.05, 4.69) is 33.8 Å². The minimum atomic E-state index is -0.535. The average molecular weight is 401 g/mol. The highest BCUT2D eigenvalue weighted by Crippen LogP contribution is 2.37. The van der Waals surface area contributed by atoms with Crippen molar-refractivity contribution in [3.05, 3.63) is 47.1 Å². The Hall–Kier alpha value is -2.58. The van der Waals surface area contributed by atoms with Crippen molar-refractivity contribution in [3.8, 4) is 0 Å². The van der Waals surface area contributed by atoms with E-state index >= 15 is 0 Å². The molecule has 9 heteroatoms. The summed E-state index contributed by atoms with van der Waals surface area (Å²) in [7, 11) is 2.06. The maximum absolute atomic E-state index is 13.0. The van der Waals surface area contributed by atoms with Crippen LogP contribution in [0.2, 0.25) is 5.02 Å². The molecule has 4 heterocycles. The number of nitrogens with zero attached hydrogens (tertiary/aromatic N) is 6. The van der Waals surface area contributed by atoms with Gasteiger partial charge in [0.15, 0.2) is 5.69 Å². The summed E-state index contributed by atoms with van der Waals surface area (Å²) in [4.78, 5) is 44.4. The molecule has 0 aromatic carbocycles. The number of hydrogen-bond donors (Lipinski definition) is 0. The Labute approximate surface area is 168 Å². The van der Waals surface area contributed by atoms with Gasteiger partial charge < -0.3 is 9.80 Å². The average Bonchev–Trinajstić information content (AvgIpc) is 2.97. The lowest BCUT2D eigenvalue weighted by atomic mass is 10.1. The largest absolute Gasteiger partial charge is 0.340 e. The van der Waals surface area contributed by atoms with Crippen LogP contribution < -0.4 is 4.90 Å². The Balaban J connectivity index is 1.63. The van der Waals surface area contributed by atoms with Crippen molar-refractivity contribution in [2.75, 3.05) is 31.6 Å². The minimum absolute atomic E-state index is 0.00443. The van der Waals surface area contributed by atoms with E-state index in [1.165, 1.54) is 17.3 Å². The van der Waals surface area contributed by atoms with E-state index in [4.69, 9.17) is 11.6 Å². The van der Waals surface area contributed by atoms with Crippen LogP contribution in [0.5, 0.6) is 0 Å². The molecule has 1 saturated heterocycles. The van der Waals surface area contributed by atoms with E-state index < -0.39 is 6.04 Å². The molecule has 8 nitrogen and oxygen atoms in total. The Bertz CT molecular complexity index is 906. The smallest absolute Gasteiger partial charge is 0.280 e. The Morgan fingerprint density at radius 3 is 2.71 bits per heavy atom. The maximum atomic E-state index is 13.0.